The Balaban J connectivity index is 2.49. The molecule has 2 aromatic carbocycles. The van der Waals surface area contributed by atoms with E-state index < -0.39 is 0 Å². The van der Waals surface area contributed by atoms with Crippen LogP contribution in [0.4, 0.5) is 0 Å². The lowest BCUT2D eigenvalue weighted by molar-refractivity contribution is 1.68. The average Bonchev–Trinajstić information content (AvgIpc) is 2.17. The number of benzene rings is 2. The van der Waals surface area contributed by atoms with Crippen LogP contribution >= 0.6 is 0 Å². The van der Waals surface area contributed by atoms with Crippen molar-refractivity contribution >= 4 is 39.9 Å². The van der Waals surface area contributed by atoms with E-state index in [1.165, 1.54) is 27.5 Å². The fraction of sp³-hybridized carbons (Fsp3) is 0. The van der Waals surface area contributed by atoms with Crippen LogP contribution in [0.3, 0.4) is 0 Å². The first-order valence-corrected chi connectivity index (χ1v) is 5.30. The van der Waals surface area contributed by atoms with Crippen molar-refractivity contribution in [3.63, 3.8) is 0 Å². The van der Waals surface area contributed by atoms with E-state index in [2.05, 4.69) is 66.0 Å². The molecule has 0 amide bonds. The van der Waals surface area contributed by atoms with Crippen LogP contribution < -0.4 is 16.4 Å². The molecule has 0 spiro atoms. The highest BCUT2D eigenvalue weighted by Gasteiger charge is 1.98. The Kier molecular flexibility index (Phi) is 2.72. The maximum atomic E-state index is 2.23. The minimum Gasteiger partial charge on any atom is -0.0889 e. The van der Waals surface area contributed by atoms with Crippen molar-refractivity contribution < 1.29 is 0 Å². The third-order valence-electron chi connectivity index (χ3n) is 2.61. The largest absolute Gasteiger partial charge is 0.139 e. The van der Waals surface area contributed by atoms with Crippen LogP contribution in [0.5, 0.6) is 0 Å². The van der Waals surface area contributed by atoms with Gasteiger partial charge >= 0.3 is 0 Å². The van der Waals surface area contributed by atoms with Crippen LogP contribution in [0.1, 0.15) is 0 Å². The van der Waals surface area contributed by atoms with Gasteiger partial charge in [0.1, 0.15) is 23.5 Å². The molecular weight excluding hydrogens is 177 g/mol. The highest BCUT2D eigenvalue weighted by atomic mass is 14.0. The summed E-state index contributed by atoms with van der Waals surface area (Å²) in [6.45, 7) is 0. The lowest BCUT2D eigenvalue weighted by atomic mass is 9.84. The second-order valence-corrected chi connectivity index (χ2v) is 4.24. The lowest BCUT2D eigenvalue weighted by Gasteiger charge is -2.05. The van der Waals surface area contributed by atoms with E-state index in [-0.39, 0.29) is 0 Å². The molecule has 0 atom stereocenters. The van der Waals surface area contributed by atoms with Crippen molar-refractivity contribution in [2.45, 2.75) is 0 Å². The Hall–Kier alpha value is -1.37. The molecule has 0 aromatic heterocycles. The van der Waals surface area contributed by atoms with Crippen LogP contribution in [0.15, 0.2) is 42.5 Å². The molecule has 0 bridgehead atoms. The summed E-state index contributed by atoms with van der Waals surface area (Å²) >= 11 is 0. The fourth-order valence-corrected chi connectivity index (χ4v) is 1.89. The summed E-state index contributed by atoms with van der Waals surface area (Å²) in [5.74, 6) is 0. The predicted octanol–water partition coefficient (Wildman–Crippen LogP) is -1.87. The Labute approximate surface area is 93.9 Å². The standard InChI is InChI=1S/C12H13B3/c13-10-3-1-8(2-4-10)9-5-11(14)7-12(15)6-9/h1-7H,13-15H2. The monoisotopic (exact) mass is 190 g/mol. The van der Waals surface area contributed by atoms with Gasteiger partial charge in [0, 0.05) is 0 Å². The quantitative estimate of drug-likeness (QED) is 0.462. The van der Waals surface area contributed by atoms with Gasteiger partial charge in [0.15, 0.2) is 0 Å². The normalized spacial score (nSPS) is 10.1. The first-order valence-electron chi connectivity index (χ1n) is 5.30. The SMILES string of the molecule is Bc1ccc(-c2cc(B)cc(B)c2)cc1. The van der Waals surface area contributed by atoms with Gasteiger partial charge in [-0.3, -0.25) is 0 Å². The molecule has 0 unspecified atom stereocenters. The molecule has 0 N–H and O–H groups in total. The zero-order valence-corrected chi connectivity index (χ0v) is 9.54. The van der Waals surface area contributed by atoms with E-state index in [4.69, 9.17) is 0 Å². The summed E-state index contributed by atoms with van der Waals surface area (Å²) in [5.41, 5.74) is 6.57. The van der Waals surface area contributed by atoms with Crippen molar-refractivity contribution in [1.29, 1.82) is 0 Å². The Morgan fingerprint density at radius 2 is 1.07 bits per heavy atom. The average molecular weight is 190 g/mol. The maximum absolute atomic E-state index is 2.23. The van der Waals surface area contributed by atoms with Crippen LogP contribution in [0, 0.1) is 0 Å². The van der Waals surface area contributed by atoms with Gasteiger partial charge in [-0.15, -0.1) is 0 Å². The first kappa shape index (κ1) is 10.2. The number of hydrogen-bond donors (Lipinski definition) is 0. The predicted molar refractivity (Wildman–Crippen MR) is 76.4 cm³/mol. The summed E-state index contributed by atoms with van der Waals surface area (Å²) in [5, 5.41) is 0. The first-order chi connectivity index (χ1) is 7.15. The van der Waals surface area contributed by atoms with Crippen LogP contribution in [-0.2, 0) is 0 Å². The molecule has 0 aliphatic rings. The fourth-order valence-electron chi connectivity index (χ4n) is 1.89. The van der Waals surface area contributed by atoms with Gasteiger partial charge in [0.2, 0.25) is 0 Å². The number of rotatable bonds is 1. The molecule has 0 saturated carbocycles. The smallest absolute Gasteiger partial charge is 0.0889 e. The van der Waals surface area contributed by atoms with Gasteiger partial charge in [0.05, 0.1) is 0 Å². The molecule has 2 rings (SSSR count). The van der Waals surface area contributed by atoms with Gasteiger partial charge in [-0.1, -0.05) is 58.9 Å². The third kappa shape index (κ3) is 2.35. The molecule has 0 saturated heterocycles. The van der Waals surface area contributed by atoms with Gasteiger partial charge in [-0.2, -0.15) is 0 Å². The minimum atomic E-state index is 1.30. The van der Waals surface area contributed by atoms with Crippen LogP contribution in [0.2, 0.25) is 0 Å². The molecule has 2 aromatic rings. The minimum absolute atomic E-state index is 1.30. The van der Waals surface area contributed by atoms with Crippen molar-refractivity contribution in [3.05, 3.63) is 42.5 Å². The van der Waals surface area contributed by atoms with E-state index in [0.29, 0.717) is 0 Å². The molecule has 15 heavy (non-hydrogen) atoms. The van der Waals surface area contributed by atoms with Gasteiger partial charge in [-0.25, -0.2) is 0 Å². The van der Waals surface area contributed by atoms with Crippen molar-refractivity contribution in [2.75, 3.05) is 0 Å². The van der Waals surface area contributed by atoms with Gasteiger partial charge in [0.25, 0.3) is 0 Å². The second kappa shape index (κ2) is 4.02. The Bertz CT molecular complexity index is 454. The third-order valence-corrected chi connectivity index (χ3v) is 2.61. The van der Waals surface area contributed by atoms with Crippen molar-refractivity contribution in [2.24, 2.45) is 0 Å². The molecule has 0 heterocycles. The highest BCUT2D eigenvalue weighted by Crippen LogP contribution is 2.15. The molecule has 3 heteroatoms. The zero-order valence-electron chi connectivity index (χ0n) is 9.54. The zero-order chi connectivity index (χ0) is 10.8. The molecule has 70 valence electrons. The molecule has 0 radical (unpaired) electrons. The Morgan fingerprint density at radius 3 is 1.60 bits per heavy atom. The molecule has 0 aliphatic carbocycles. The summed E-state index contributed by atoms with van der Waals surface area (Å²) in [4.78, 5) is 0. The molecule has 0 nitrogen and oxygen atoms in total. The summed E-state index contributed by atoms with van der Waals surface area (Å²) < 4.78 is 0. The molecule has 0 fully saturated rings. The van der Waals surface area contributed by atoms with Gasteiger partial charge < -0.3 is 0 Å². The topological polar surface area (TPSA) is 0 Å². The van der Waals surface area contributed by atoms with Crippen LogP contribution in [0.25, 0.3) is 11.1 Å². The maximum Gasteiger partial charge on any atom is 0.139 e. The lowest BCUT2D eigenvalue weighted by Crippen LogP contribution is -2.13. The van der Waals surface area contributed by atoms with Crippen molar-refractivity contribution in [1.82, 2.24) is 0 Å². The molecule has 0 aliphatic heterocycles. The van der Waals surface area contributed by atoms with Crippen molar-refractivity contribution in [3.8, 4) is 11.1 Å². The second-order valence-electron chi connectivity index (χ2n) is 4.24. The summed E-state index contributed by atoms with van der Waals surface area (Å²) in [6.07, 6.45) is 0. The Morgan fingerprint density at radius 1 is 0.533 bits per heavy atom. The number of hydrogen-bond acceptors (Lipinski definition) is 0. The van der Waals surface area contributed by atoms with E-state index in [1.807, 2.05) is 0 Å². The van der Waals surface area contributed by atoms with E-state index in [1.54, 1.807) is 0 Å². The summed E-state index contributed by atoms with van der Waals surface area (Å²) in [7, 11) is 6.40. The van der Waals surface area contributed by atoms with E-state index >= 15 is 0 Å². The van der Waals surface area contributed by atoms with Crippen LogP contribution in [-0.4, -0.2) is 23.5 Å². The van der Waals surface area contributed by atoms with E-state index in [9.17, 15) is 0 Å². The van der Waals surface area contributed by atoms with E-state index in [0.717, 1.165) is 0 Å². The summed E-state index contributed by atoms with van der Waals surface area (Å²) in [6, 6.07) is 15.4. The highest BCUT2D eigenvalue weighted by molar-refractivity contribution is 6.38. The molecular formula is C12H13B3. The van der Waals surface area contributed by atoms with Gasteiger partial charge in [-0.05, 0) is 11.1 Å².